The maximum absolute atomic E-state index is 11.7. The fraction of sp³-hybridized carbons (Fsp3) is 0.917. The fourth-order valence-electron chi connectivity index (χ4n) is 2.44. The van der Waals surface area contributed by atoms with Gasteiger partial charge in [-0.1, -0.05) is 0 Å². The van der Waals surface area contributed by atoms with Gasteiger partial charge >= 0.3 is 0 Å². The molecule has 0 aromatic heterocycles. The first-order valence-electron chi connectivity index (χ1n) is 6.46. The fourth-order valence-corrected chi connectivity index (χ4v) is 2.44. The molecule has 2 heterocycles. The van der Waals surface area contributed by atoms with Crippen molar-refractivity contribution in [2.45, 2.75) is 50.7 Å². The van der Waals surface area contributed by atoms with Crippen LogP contribution in [-0.4, -0.2) is 37.7 Å². The summed E-state index contributed by atoms with van der Waals surface area (Å²) in [4.78, 5) is 11.7. The Morgan fingerprint density at radius 1 is 1.38 bits per heavy atom. The van der Waals surface area contributed by atoms with Gasteiger partial charge in [-0.3, -0.25) is 4.79 Å². The van der Waals surface area contributed by atoms with Crippen LogP contribution in [0.3, 0.4) is 0 Å². The van der Waals surface area contributed by atoms with Crippen LogP contribution >= 0.6 is 0 Å². The Hall–Kier alpha value is -0.610. The highest BCUT2D eigenvalue weighted by Gasteiger charge is 2.19. The lowest BCUT2D eigenvalue weighted by Gasteiger charge is -2.24. The van der Waals surface area contributed by atoms with Crippen molar-refractivity contribution >= 4 is 5.91 Å². The SMILES string of the molecule is O=C(CCC1CCCO1)N[C@@H]1CCCNC1. The van der Waals surface area contributed by atoms with Crippen molar-refractivity contribution in [3.8, 4) is 0 Å². The van der Waals surface area contributed by atoms with Gasteiger partial charge in [-0.15, -0.1) is 0 Å². The smallest absolute Gasteiger partial charge is 0.220 e. The van der Waals surface area contributed by atoms with E-state index in [9.17, 15) is 4.79 Å². The maximum Gasteiger partial charge on any atom is 0.220 e. The van der Waals surface area contributed by atoms with Gasteiger partial charge in [0.1, 0.15) is 0 Å². The average molecular weight is 226 g/mol. The van der Waals surface area contributed by atoms with Gasteiger partial charge in [-0.2, -0.15) is 0 Å². The molecule has 4 nitrogen and oxygen atoms in total. The Kier molecular flexibility index (Phi) is 4.60. The van der Waals surface area contributed by atoms with Crippen LogP contribution in [0, 0.1) is 0 Å². The van der Waals surface area contributed by atoms with Gasteiger partial charge in [0.05, 0.1) is 6.10 Å². The van der Waals surface area contributed by atoms with Gasteiger partial charge in [0.15, 0.2) is 0 Å². The minimum Gasteiger partial charge on any atom is -0.378 e. The Morgan fingerprint density at radius 3 is 3.00 bits per heavy atom. The van der Waals surface area contributed by atoms with Crippen LogP contribution < -0.4 is 10.6 Å². The van der Waals surface area contributed by atoms with E-state index in [1.54, 1.807) is 0 Å². The van der Waals surface area contributed by atoms with Gasteiger partial charge in [0, 0.05) is 25.6 Å². The van der Waals surface area contributed by atoms with E-state index in [1.165, 1.54) is 0 Å². The molecular weight excluding hydrogens is 204 g/mol. The van der Waals surface area contributed by atoms with Crippen molar-refractivity contribution in [2.75, 3.05) is 19.7 Å². The van der Waals surface area contributed by atoms with Crippen molar-refractivity contribution in [2.24, 2.45) is 0 Å². The highest BCUT2D eigenvalue weighted by atomic mass is 16.5. The third-order valence-corrected chi connectivity index (χ3v) is 3.38. The monoisotopic (exact) mass is 226 g/mol. The molecule has 2 N–H and O–H groups in total. The van der Waals surface area contributed by atoms with E-state index in [1.807, 2.05) is 0 Å². The molecule has 0 aliphatic carbocycles. The van der Waals surface area contributed by atoms with Crippen LogP contribution in [0.1, 0.15) is 38.5 Å². The summed E-state index contributed by atoms with van der Waals surface area (Å²) in [6.45, 7) is 2.88. The van der Waals surface area contributed by atoms with Crippen LogP contribution in [0.4, 0.5) is 0 Å². The highest BCUT2D eigenvalue weighted by Crippen LogP contribution is 2.16. The van der Waals surface area contributed by atoms with E-state index >= 15 is 0 Å². The number of rotatable bonds is 4. The lowest BCUT2D eigenvalue weighted by Crippen LogP contribution is -2.45. The number of hydrogen-bond donors (Lipinski definition) is 2. The number of carbonyl (C=O) groups is 1. The number of hydrogen-bond acceptors (Lipinski definition) is 3. The highest BCUT2D eigenvalue weighted by molar-refractivity contribution is 5.76. The van der Waals surface area contributed by atoms with E-state index in [0.717, 1.165) is 51.8 Å². The summed E-state index contributed by atoms with van der Waals surface area (Å²) in [5.74, 6) is 0.184. The number of piperidine rings is 1. The zero-order valence-electron chi connectivity index (χ0n) is 9.84. The summed E-state index contributed by atoms with van der Waals surface area (Å²) in [5, 5.41) is 6.38. The van der Waals surface area contributed by atoms with Gasteiger partial charge < -0.3 is 15.4 Å². The summed E-state index contributed by atoms with van der Waals surface area (Å²) in [5.41, 5.74) is 0. The predicted octanol–water partition coefficient (Wildman–Crippen LogP) is 0.814. The zero-order valence-corrected chi connectivity index (χ0v) is 9.84. The quantitative estimate of drug-likeness (QED) is 0.746. The minimum absolute atomic E-state index is 0.184. The lowest BCUT2D eigenvalue weighted by atomic mass is 10.1. The van der Waals surface area contributed by atoms with Crippen molar-refractivity contribution in [1.82, 2.24) is 10.6 Å². The van der Waals surface area contributed by atoms with E-state index < -0.39 is 0 Å². The molecule has 0 saturated carbocycles. The van der Waals surface area contributed by atoms with Crippen molar-refractivity contribution in [1.29, 1.82) is 0 Å². The third-order valence-electron chi connectivity index (χ3n) is 3.38. The van der Waals surface area contributed by atoms with Gasteiger partial charge in [-0.25, -0.2) is 0 Å². The second kappa shape index (κ2) is 6.21. The zero-order chi connectivity index (χ0) is 11.2. The number of amides is 1. The predicted molar refractivity (Wildman–Crippen MR) is 62.2 cm³/mol. The van der Waals surface area contributed by atoms with E-state index in [2.05, 4.69) is 10.6 Å². The first-order valence-corrected chi connectivity index (χ1v) is 6.46. The van der Waals surface area contributed by atoms with Gasteiger partial charge in [0.25, 0.3) is 0 Å². The molecule has 2 rings (SSSR count). The first kappa shape index (κ1) is 11.9. The molecule has 0 spiro atoms. The molecule has 1 amide bonds. The van der Waals surface area contributed by atoms with E-state index in [-0.39, 0.29) is 5.91 Å². The van der Waals surface area contributed by atoms with Crippen LogP contribution in [0.5, 0.6) is 0 Å². The van der Waals surface area contributed by atoms with Crippen molar-refractivity contribution in [3.05, 3.63) is 0 Å². The number of carbonyl (C=O) groups excluding carboxylic acids is 1. The van der Waals surface area contributed by atoms with Gasteiger partial charge in [0.2, 0.25) is 5.91 Å². The average Bonchev–Trinajstić information content (AvgIpc) is 2.81. The van der Waals surface area contributed by atoms with Gasteiger partial charge in [-0.05, 0) is 38.6 Å². The molecule has 2 aliphatic rings. The molecule has 2 atom stereocenters. The largest absolute Gasteiger partial charge is 0.378 e. The Morgan fingerprint density at radius 2 is 2.31 bits per heavy atom. The van der Waals surface area contributed by atoms with Crippen LogP contribution in [0.15, 0.2) is 0 Å². The Bertz CT molecular complexity index is 221. The summed E-state index contributed by atoms with van der Waals surface area (Å²) in [6.07, 6.45) is 6.37. The normalized spacial score (nSPS) is 30.2. The second-order valence-electron chi connectivity index (χ2n) is 4.78. The van der Waals surface area contributed by atoms with E-state index in [0.29, 0.717) is 18.6 Å². The molecule has 92 valence electrons. The molecular formula is C12H22N2O2. The van der Waals surface area contributed by atoms with Crippen LogP contribution in [0.25, 0.3) is 0 Å². The molecule has 2 saturated heterocycles. The topological polar surface area (TPSA) is 50.4 Å². The molecule has 2 fully saturated rings. The molecule has 0 radical (unpaired) electrons. The first-order chi connectivity index (χ1) is 7.84. The molecule has 4 heteroatoms. The lowest BCUT2D eigenvalue weighted by molar-refractivity contribution is -0.122. The summed E-state index contributed by atoms with van der Waals surface area (Å²) >= 11 is 0. The molecule has 0 aromatic rings. The summed E-state index contributed by atoms with van der Waals surface area (Å²) in [7, 11) is 0. The van der Waals surface area contributed by atoms with E-state index in [4.69, 9.17) is 4.74 Å². The van der Waals surface area contributed by atoms with Crippen LogP contribution in [0.2, 0.25) is 0 Å². The molecule has 0 aromatic carbocycles. The minimum atomic E-state index is 0.184. The summed E-state index contributed by atoms with van der Waals surface area (Å²) < 4.78 is 5.50. The second-order valence-corrected chi connectivity index (χ2v) is 4.78. The Balaban J connectivity index is 1.59. The third kappa shape index (κ3) is 3.76. The Labute approximate surface area is 97.1 Å². The molecule has 16 heavy (non-hydrogen) atoms. The molecule has 1 unspecified atom stereocenters. The maximum atomic E-state index is 11.7. The van der Waals surface area contributed by atoms with Crippen LogP contribution in [-0.2, 0) is 9.53 Å². The molecule has 2 aliphatic heterocycles. The standard InChI is InChI=1S/C12H22N2O2/c15-12(6-5-11-4-2-8-16-11)14-10-3-1-7-13-9-10/h10-11,13H,1-9H2,(H,14,15)/t10-,11?/m1/s1. The number of ether oxygens (including phenoxy) is 1. The number of nitrogens with one attached hydrogen (secondary N) is 2. The molecule has 0 bridgehead atoms. The van der Waals surface area contributed by atoms with Crippen molar-refractivity contribution in [3.63, 3.8) is 0 Å². The van der Waals surface area contributed by atoms with Crippen molar-refractivity contribution < 1.29 is 9.53 Å². The summed E-state index contributed by atoms with van der Waals surface area (Å²) in [6, 6.07) is 0.339.